The minimum absolute atomic E-state index is 0.285. The van der Waals surface area contributed by atoms with Gasteiger partial charge in [-0.15, -0.1) is 0 Å². The Labute approximate surface area is 311 Å². The lowest BCUT2D eigenvalue weighted by atomic mass is 9.74. The Hall–Kier alpha value is -6.70. The zero-order valence-corrected chi connectivity index (χ0v) is 29.6. The van der Waals surface area contributed by atoms with Gasteiger partial charge in [0.25, 0.3) is 0 Å². The molecule has 0 saturated heterocycles. The molecule has 0 N–H and O–H groups in total. The predicted molar refractivity (Wildman–Crippen MR) is 224 cm³/mol. The minimum atomic E-state index is -0.285. The van der Waals surface area contributed by atoms with Gasteiger partial charge in [-0.1, -0.05) is 170 Å². The van der Waals surface area contributed by atoms with Crippen LogP contribution in [0.2, 0.25) is 0 Å². The summed E-state index contributed by atoms with van der Waals surface area (Å²) in [7, 11) is 0. The number of anilines is 3. The maximum Gasteiger partial charge on any atom is 0.0543 e. The molecule has 1 heteroatoms. The highest BCUT2D eigenvalue weighted by atomic mass is 15.1. The molecule has 0 spiro atoms. The van der Waals surface area contributed by atoms with Crippen LogP contribution in [0, 0.1) is 0 Å². The molecule has 0 amide bonds. The van der Waals surface area contributed by atoms with Crippen LogP contribution in [0.15, 0.2) is 206 Å². The van der Waals surface area contributed by atoms with Gasteiger partial charge in [-0.2, -0.15) is 0 Å². The van der Waals surface area contributed by atoms with Crippen molar-refractivity contribution in [2.45, 2.75) is 12.3 Å². The molecular formula is C52H37N. The number of fused-ring (bicyclic) bond motifs is 5. The van der Waals surface area contributed by atoms with Crippen LogP contribution in [-0.2, 0) is 5.41 Å². The highest BCUT2D eigenvalue weighted by Gasteiger charge is 2.42. The van der Waals surface area contributed by atoms with Crippen molar-refractivity contribution in [2.24, 2.45) is 0 Å². The predicted octanol–water partition coefficient (Wildman–Crippen LogP) is 14.1. The molecule has 0 fully saturated rings. The summed E-state index contributed by atoms with van der Waals surface area (Å²) in [6.07, 6.45) is 0. The number of benzene rings is 9. The Morgan fingerprint density at radius 3 is 1.74 bits per heavy atom. The van der Waals surface area contributed by atoms with Crippen molar-refractivity contribution >= 4 is 38.6 Å². The lowest BCUT2D eigenvalue weighted by molar-refractivity contribution is 0.714. The summed E-state index contributed by atoms with van der Waals surface area (Å²) in [6.45, 7) is 2.39. The average Bonchev–Trinajstić information content (AvgIpc) is 3.50. The zero-order chi connectivity index (χ0) is 35.4. The number of hydrogen-bond acceptors (Lipinski definition) is 1. The first-order valence-electron chi connectivity index (χ1n) is 18.4. The molecule has 10 rings (SSSR count). The maximum absolute atomic E-state index is 2.45. The molecule has 0 aromatic heterocycles. The molecule has 0 bridgehead atoms. The first-order chi connectivity index (χ1) is 26.2. The molecule has 0 aliphatic heterocycles. The smallest absolute Gasteiger partial charge is 0.0543 e. The van der Waals surface area contributed by atoms with E-state index in [0.717, 1.165) is 11.4 Å². The highest BCUT2D eigenvalue weighted by Crippen LogP contribution is 2.56. The van der Waals surface area contributed by atoms with E-state index in [-0.39, 0.29) is 5.41 Å². The zero-order valence-electron chi connectivity index (χ0n) is 29.6. The fourth-order valence-electron chi connectivity index (χ4n) is 8.66. The van der Waals surface area contributed by atoms with Crippen molar-refractivity contribution in [3.05, 3.63) is 223 Å². The van der Waals surface area contributed by atoms with Crippen LogP contribution in [-0.4, -0.2) is 0 Å². The summed E-state index contributed by atoms with van der Waals surface area (Å²) in [5, 5.41) is 5.03. The van der Waals surface area contributed by atoms with Gasteiger partial charge in [-0.05, 0) is 109 Å². The average molecular weight is 676 g/mol. The van der Waals surface area contributed by atoms with E-state index in [1.54, 1.807) is 0 Å². The van der Waals surface area contributed by atoms with E-state index in [1.165, 1.54) is 77.3 Å². The van der Waals surface area contributed by atoms with Crippen molar-refractivity contribution in [3.8, 4) is 33.4 Å². The normalized spacial score (nSPS) is 14.6. The van der Waals surface area contributed by atoms with E-state index in [0.29, 0.717) is 0 Å². The fourth-order valence-corrected chi connectivity index (χ4v) is 8.66. The molecule has 1 atom stereocenters. The van der Waals surface area contributed by atoms with Crippen molar-refractivity contribution in [3.63, 3.8) is 0 Å². The third-order valence-electron chi connectivity index (χ3n) is 11.3. The van der Waals surface area contributed by atoms with Gasteiger partial charge in [0.15, 0.2) is 0 Å². The SMILES string of the molecule is CC1(c2ccccc2)c2ccccc2-c2c(N(c3ccc(-c4ccc5ccccc5c4)cc3)c3ccc(-c4cccc5ccccc45)cc3)cccc21. The van der Waals surface area contributed by atoms with E-state index >= 15 is 0 Å². The topological polar surface area (TPSA) is 3.24 Å². The quantitative estimate of drug-likeness (QED) is 0.170. The van der Waals surface area contributed by atoms with Crippen LogP contribution in [0.25, 0.3) is 54.9 Å². The van der Waals surface area contributed by atoms with E-state index in [9.17, 15) is 0 Å². The van der Waals surface area contributed by atoms with Gasteiger partial charge in [-0.25, -0.2) is 0 Å². The van der Waals surface area contributed by atoms with Gasteiger partial charge in [0.05, 0.1) is 5.69 Å². The third kappa shape index (κ3) is 5.08. The van der Waals surface area contributed by atoms with Gasteiger partial charge >= 0.3 is 0 Å². The van der Waals surface area contributed by atoms with Crippen molar-refractivity contribution in [2.75, 3.05) is 4.90 Å². The molecule has 1 unspecified atom stereocenters. The second-order valence-corrected chi connectivity index (χ2v) is 14.3. The highest BCUT2D eigenvalue weighted by molar-refractivity contribution is 5.99. The summed E-state index contributed by atoms with van der Waals surface area (Å²) in [4.78, 5) is 2.45. The molecule has 53 heavy (non-hydrogen) atoms. The molecule has 1 aliphatic rings. The molecular weight excluding hydrogens is 639 g/mol. The summed E-state index contributed by atoms with van der Waals surface area (Å²) in [5.74, 6) is 0. The Balaban J connectivity index is 1.15. The van der Waals surface area contributed by atoms with Gasteiger partial charge in [0.2, 0.25) is 0 Å². The maximum atomic E-state index is 2.45. The van der Waals surface area contributed by atoms with Gasteiger partial charge < -0.3 is 4.90 Å². The molecule has 1 nitrogen and oxygen atoms in total. The first-order valence-corrected chi connectivity index (χ1v) is 18.4. The largest absolute Gasteiger partial charge is 0.310 e. The molecule has 1 aliphatic carbocycles. The van der Waals surface area contributed by atoms with E-state index in [4.69, 9.17) is 0 Å². The summed E-state index contributed by atoms with van der Waals surface area (Å²) in [6, 6.07) is 75.5. The van der Waals surface area contributed by atoms with Crippen LogP contribution < -0.4 is 4.90 Å². The second kappa shape index (κ2) is 12.5. The molecule has 250 valence electrons. The Bertz CT molecular complexity index is 2770. The summed E-state index contributed by atoms with van der Waals surface area (Å²) < 4.78 is 0. The van der Waals surface area contributed by atoms with Gasteiger partial charge in [-0.3, -0.25) is 0 Å². The summed E-state index contributed by atoms with van der Waals surface area (Å²) in [5.41, 5.74) is 14.5. The van der Waals surface area contributed by atoms with E-state index in [2.05, 4.69) is 218 Å². The Morgan fingerprint density at radius 2 is 0.943 bits per heavy atom. The van der Waals surface area contributed by atoms with Gasteiger partial charge in [0.1, 0.15) is 0 Å². The monoisotopic (exact) mass is 675 g/mol. The van der Waals surface area contributed by atoms with Crippen molar-refractivity contribution in [1.82, 2.24) is 0 Å². The van der Waals surface area contributed by atoms with Crippen LogP contribution in [0.3, 0.4) is 0 Å². The van der Waals surface area contributed by atoms with Crippen LogP contribution in [0.4, 0.5) is 17.1 Å². The molecule has 0 radical (unpaired) electrons. The van der Waals surface area contributed by atoms with Crippen molar-refractivity contribution in [1.29, 1.82) is 0 Å². The van der Waals surface area contributed by atoms with E-state index < -0.39 is 0 Å². The molecule has 9 aromatic rings. The standard InChI is InChI=1S/C52H37N/c1-52(42-17-3-2-4-18-42)48-22-10-9-20-47(48)51-49(52)23-12-24-50(51)53(43-31-27-37(28-32-43)41-26-25-36-13-5-6-15-40(36)35-41)44-33-29-39(30-34-44)46-21-11-16-38-14-7-8-19-45(38)46/h2-35H,1H3. The second-order valence-electron chi connectivity index (χ2n) is 14.3. The molecule has 0 heterocycles. The third-order valence-corrected chi connectivity index (χ3v) is 11.3. The van der Waals surface area contributed by atoms with Gasteiger partial charge in [0, 0.05) is 22.4 Å². The number of nitrogens with zero attached hydrogens (tertiary/aromatic N) is 1. The number of hydrogen-bond donors (Lipinski definition) is 0. The first kappa shape index (κ1) is 31.1. The fraction of sp³-hybridized carbons (Fsp3) is 0.0385. The summed E-state index contributed by atoms with van der Waals surface area (Å²) >= 11 is 0. The van der Waals surface area contributed by atoms with Crippen molar-refractivity contribution < 1.29 is 0 Å². The lowest BCUT2D eigenvalue weighted by Gasteiger charge is -2.30. The Kier molecular flexibility index (Phi) is 7.33. The molecule has 0 saturated carbocycles. The lowest BCUT2D eigenvalue weighted by Crippen LogP contribution is -2.22. The Morgan fingerprint density at radius 1 is 0.377 bits per heavy atom. The molecule has 9 aromatic carbocycles. The van der Waals surface area contributed by atoms with Crippen LogP contribution >= 0.6 is 0 Å². The number of rotatable bonds is 6. The minimum Gasteiger partial charge on any atom is -0.310 e. The van der Waals surface area contributed by atoms with E-state index in [1.807, 2.05) is 0 Å². The van der Waals surface area contributed by atoms with Crippen LogP contribution in [0.5, 0.6) is 0 Å². The van der Waals surface area contributed by atoms with Crippen LogP contribution in [0.1, 0.15) is 23.6 Å².